The van der Waals surface area contributed by atoms with Crippen molar-refractivity contribution < 1.29 is 0 Å². The van der Waals surface area contributed by atoms with E-state index in [1.165, 1.54) is 16.7 Å². The Hall–Kier alpha value is -0.780. The highest BCUT2D eigenvalue weighted by atomic mass is 14.0. The zero-order valence-electron chi connectivity index (χ0n) is 8.28. The molecule has 0 N–H and O–H groups in total. The maximum absolute atomic E-state index is 3.36. The van der Waals surface area contributed by atoms with E-state index in [9.17, 15) is 0 Å². The third-order valence-corrected chi connectivity index (χ3v) is 2.32. The molecule has 0 aliphatic carbocycles. The van der Waals surface area contributed by atoms with Crippen LogP contribution in [-0.4, -0.2) is 0 Å². The van der Waals surface area contributed by atoms with Crippen molar-refractivity contribution >= 4 is 0 Å². The van der Waals surface area contributed by atoms with E-state index < -0.39 is 0 Å². The molecule has 1 rings (SSSR count). The van der Waals surface area contributed by atoms with Gasteiger partial charge in [-0.1, -0.05) is 32.9 Å². The average Bonchev–Trinajstić information content (AvgIpc) is 2.16. The van der Waals surface area contributed by atoms with Crippen molar-refractivity contribution in [2.45, 2.75) is 40.0 Å². The van der Waals surface area contributed by atoms with Gasteiger partial charge in [-0.2, -0.15) is 0 Å². The lowest BCUT2D eigenvalue weighted by Gasteiger charge is -2.06. The molecule has 0 fully saturated rings. The Kier molecular flexibility index (Phi) is 3.33. The molecule has 65 valence electrons. The average molecular weight is 161 g/mol. The summed E-state index contributed by atoms with van der Waals surface area (Å²) in [5.41, 5.74) is 4.26. The van der Waals surface area contributed by atoms with Gasteiger partial charge in [0.25, 0.3) is 0 Å². The molecular weight excluding hydrogens is 144 g/mol. The molecule has 0 amide bonds. The van der Waals surface area contributed by atoms with Crippen LogP contribution in [-0.2, 0) is 19.3 Å². The Morgan fingerprint density at radius 2 is 1.83 bits per heavy atom. The number of hydrogen-bond donors (Lipinski definition) is 0. The Balaban J connectivity index is 3.02. The molecule has 1 aromatic rings. The molecule has 0 nitrogen and oxygen atoms in total. The van der Waals surface area contributed by atoms with E-state index in [1.54, 1.807) is 0 Å². The highest BCUT2D eigenvalue weighted by Gasteiger charge is 1.99. The van der Waals surface area contributed by atoms with Crippen molar-refractivity contribution in [1.82, 2.24) is 0 Å². The SMILES string of the molecule is CCc1c[c]c(CC)c(CC)c1. The number of benzene rings is 1. The van der Waals surface area contributed by atoms with Gasteiger partial charge >= 0.3 is 0 Å². The second kappa shape index (κ2) is 4.30. The fourth-order valence-corrected chi connectivity index (χ4v) is 1.47. The summed E-state index contributed by atoms with van der Waals surface area (Å²) in [5, 5.41) is 0. The lowest BCUT2D eigenvalue weighted by atomic mass is 9.99. The maximum Gasteiger partial charge on any atom is -0.0144 e. The lowest BCUT2D eigenvalue weighted by molar-refractivity contribution is 1.01. The zero-order valence-corrected chi connectivity index (χ0v) is 8.28. The molecule has 0 saturated heterocycles. The largest absolute Gasteiger partial charge is 0.0613 e. The van der Waals surface area contributed by atoms with Crippen molar-refractivity contribution in [1.29, 1.82) is 0 Å². The minimum absolute atomic E-state index is 1.10. The number of hydrogen-bond acceptors (Lipinski definition) is 0. The van der Waals surface area contributed by atoms with Gasteiger partial charge in [-0.3, -0.25) is 0 Å². The van der Waals surface area contributed by atoms with Gasteiger partial charge in [0.05, 0.1) is 0 Å². The van der Waals surface area contributed by atoms with Gasteiger partial charge in [0, 0.05) is 0 Å². The summed E-state index contributed by atoms with van der Waals surface area (Å²) in [7, 11) is 0. The smallest absolute Gasteiger partial charge is 0.0144 e. The summed E-state index contributed by atoms with van der Waals surface area (Å²) >= 11 is 0. The standard InChI is InChI=1S/C12H17/c1-4-10-7-8-11(5-2)12(6-3)9-10/h7,9H,4-6H2,1-3H3. The monoisotopic (exact) mass is 161 g/mol. The number of aryl methyl sites for hydroxylation is 3. The van der Waals surface area contributed by atoms with E-state index in [0.29, 0.717) is 0 Å². The first-order chi connectivity index (χ1) is 5.81. The molecule has 1 radical (unpaired) electrons. The second-order valence-electron chi connectivity index (χ2n) is 3.07. The minimum atomic E-state index is 1.10. The minimum Gasteiger partial charge on any atom is -0.0613 e. The molecule has 0 spiro atoms. The second-order valence-corrected chi connectivity index (χ2v) is 3.07. The van der Waals surface area contributed by atoms with Gasteiger partial charge in [-0.25, -0.2) is 0 Å². The molecule has 0 heterocycles. The first kappa shape index (κ1) is 9.31. The first-order valence-electron chi connectivity index (χ1n) is 4.84. The van der Waals surface area contributed by atoms with Gasteiger partial charge in [0.1, 0.15) is 0 Å². The van der Waals surface area contributed by atoms with Gasteiger partial charge in [-0.15, -0.1) is 0 Å². The van der Waals surface area contributed by atoms with E-state index >= 15 is 0 Å². The molecule has 0 unspecified atom stereocenters. The summed E-state index contributed by atoms with van der Waals surface area (Å²) in [5.74, 6) is 0. The van der Waals surface area contributed by atoms with Crippen LogP contribution in [0.1, 0.15) is 37.5 Å². The molecule has 0 atom stereocenters. The molecule has 0 aromatic heterocycles. The van der Waals surface area contributed by atoms with Gasteiger partial charge in [0.2, 0.25) is 0 Å². The fraction of sp³-hybridized carbons (Fsp3) is 0.500. The third kappa shape index (κ3) is 1.88. The summed E-state index contributed by atoms with van der Waals surface area (Å²) < 4.78 is 0. The summed E-state index contributed by atoms with van der Waals surface area (Å²) in [6.45, 7) is 6.59. The van der Waals surface area contributed by atoms with Gasteiger partial charge < -0.3 is 0 Å². The first-order valence-corrected chi connectivity index (χ1v) is 4.84. The predicted molar refractivity (Wildman–Crippen MR) is 53.4 cm³/mol. The van der Waals surface area contributed by atoms with E-state index in [2.05, 4.69) is 39.0 Å². The van der Waals surface area contributed by atoms with Crippen LogP contribution in [0.4, 0.5) is 0 Å². The summed E-state index contributed by atoms with van der Waals surface area (Å²) in [6.07, 6.45) is 3.36. The summed E-state index contributed by atoms with van der Waals surface area (Å²) in [6, 6.07) is 7.79. The molecule has 0 aliphatic rings. The molecule has 12 heavy (non-hydrogen) atoms. The molecule has 0 aliphatic heterocycles. The van der Waals surface area contributed by atoms with E-state index in [4.69, 9.17) is 0 Å². The van der Waals surface area contributed by atoms with Crippen LogP contribution in [0.15, 0.2) is 12.1 Å². The van der Waals surface area contributed by atoms with Crippen LogP contribution in [0.5, 0.6) is 0 Å². The van der Waals surface area contributed by atoms with E-state index in [1.807, 2.05) is 0 Å². The Labute approximate surface area is 75.6 Å². The molecule has 1 aromatic carbocycles. The van der Waals surface area contributed by atoms with E-state index in [-0.39, 0.29) is 0 Å². The fourth-order valence-electron chi connectivity index (χ4n) is 1.47. The molecule has 0 saturated carbocycles. The quantitative estimate of drug-likeness (QED) is 0.638. The van der Waals surface area contributed by atoms with Crippen LogP contribution in [0, 0.1) is 6.07 Å². The highest BCUT2D eigenvalue weighted by Crippen LogP contribution is 2.13. The third-order valence-electron chi connectivity index (χ3n) is 2.32. The van der Waals surface area contributed by atoms with Crippen LogP contribution in [0.3, 0.4) is 0 Å². The van der Waals surface area contributed by atoms with Crippen molar-refractivity contribution in [3.63, 3.8) is 0 Å². The van der Waals surface area contributed by atoms with Crippen LogP contribution in [0.25, 0.3) is 0 Å². The van der Waals surface area contributed by atoms with Crippen LogP contribution in [0.2, 0.25) is 0 Å². The highest BCUT2D eigenvalue weighted by molar-refractivity contribution is 5.31. The van der Waals surface area contributed by atoms with Crippen molar-refractivity contribution in [2.24, 2.45) is 0 Å². The lowest BCUT2D eigenvalue weighted by Crippen LogP contribution is -1.93. The Morgan fingerprint density at radius 3 is 2.33 bits per heavy atom. The normalized spacial score (nSPS) is 10.2. The van der Waals surface area contributed by atoms with Crippen molar-refractivity contribution in [3.8, 4) is 0 Å². The van der Waals surface area contributed by atoms with Crippen LogP contribution < -0.4 is 0 Å². The topological polar surface area (TPSA) is 0 Å². The van der Waals surface area contributed by atoms with Crippen molar-refractivity contribution in [3.05, 3.63) is 34.9 Å². The number of rotatable bonds is 3. The Morgan fingerprint density at radius 1 is 1.08 bits per heavy atom. The zero-order chi connectivity index (χ0) is 8.97. The molecular formula is C12H17. The maximum atomic E-state index is 3.36. The molecule has 0 heteroatoms. The molecule has 0 bridgehead atoms. The van der Waals surface area contributed by atoms with E-state index in [0.717, 1.165) is 19.3 Å². The van der Waals surface area contributed by atoms with Gasteiger partial charge in [0.15, 0.2) is 0 Å². The predicted octanol–water partition coefficient (Wildman–Crippen LogP) is 3.17. The summed E-state index contributed by atoms with van der Waals surface area (Å²) in [4.78, 5) is 0. The van der Waals surface area contributed by atoms with Crippen LogP contribution >= 0.6 is 0 Å². The van der Waals surface area contributed by atoms with Gasteiger partial charge in [-0.05, 0) is 42.0 Å². The Bertz CT molecular complexity index is 248. The van der Waals surface area contributed by atoms with Crippen molar-refractivity contribution in [2.75, 3.05) is 0 Å².